The van der Waals surface area contributed by atoms with E-state index in [0.29, 0.717) is 15.3 Å². The third kappa shape index (κ3) is 6.20. The number of nitrogens with zero attached hydrogens (tertiary/aromatic N) is 2. The van der Waals surface area contributed by atoms with Crippen LogP contribution in [0.4, 0.5) is 17.6 Å². The Hall–Kier alpha value is -2.81. The molecule has 1 atom stereocenters. The SMILES string of the molecule is O=C(O)C1CN(C(=O)CCN2C(=O)/C(=C/c3cc(-c4ccc(F)c(C(F)(F)F)c4)cs3)SC2=S)CCO1. The van der Waals surface area contributed by atoms with E-state index < -0.39 is 35.5 Å². The van der Waals surface area contributed by atoms with Gasteiger partial charge < -0.3 is 14.7 Å². The highest BCUT2D eigenvalue weighted by atomic mass is 32.2. The van der Waals surface area contributed by atoms with Crippen LogP contribution >= 0.6 is 35.3 Å². The van der Waals surface area contributed by atoms with Crippen molar-refractivity contribution in [2.45, 2.75) is 18.7 Å². The molecule has 0 bridgehead atoms. The topological polar surface area (TPSA) is 87.2 Å². The predicted octanol–water partition coefficient (Wildman–Crippen LogP) is 4.48. The van der Waals surface area contributed by atoms with Gasteiger partial charge in [0.05, 0.1) is 23.6 Å². The maximum absolute atomic E-state index is 13.6. The van der Waals surface area contributed by atoms with Gasteiger partial charge in [0.1, 0.15) is 10.1 Å². The molecule has 2 saturated heterocycles. The number of halogens is 4. The Morgan fingerprint density at radius 3 is 2.70 bits per heavy atom. The molecule has 1 aromatic heterocycles. The summed E-state index contributed by atoms with van der Waals surface area (Å²) in [6, 6.07) is 4.34. The summed E-state index contributed by atoms with van der Waals surface area (Å²) in [4.78, 5) is 40.1. The molecule has 2 aromatic rings. The highest BCUT2D eigenvalue weighted by Crippen LogP contribution is 2.37. The van der Waals surface area contributed by atoms with Gasteiger partial charge in [0, 0.05) is 24.4 Å². The van der Waals surface area contributed by atoms with Crippen molar-refractivity contribution in [2.75, 3.05) is 26.2 Å². The molecule has 196 valence electrons. The average molecular weight is 575 g/mol. The molecule has 4 rings (SSSR count). The van der Waals surface area contributed by atoms with E-state index in [1.807, 2.05) is 0 Å². The van der Waals surface area contributed by atoms with E-state index in [0.717, 1.165) is 23.9 Å². The quantitative estimate of drug-likeness (QED) is 0.309. The predicted molar refractivity (Wildman–Crippen MR) is 133 cm³/mol. The van der Waals surface area contributed by atoms with Crippen molar-refractivity contribution < 1.29 is 41.8 Å². The second-order valence-corrected chi connectivity index (χ2v) is 10.7. The van der Waals surface area contributed by atoms with Crippen molar-refractivity contribution in [2.24, 2.45) is 0 Å². The third-order valence-electron chi connectivity index (χ3n) is 5.62. The van der Waals surface area contributed by atoms with Crippen LogP contribution < -0.4 is 0 Å². The van der Waals surface area contributed by atoms with Gasteiger partial charge in [-0.3, -0.25) is 14.5 Å². The lowest BCUT2D eigenvalue weighted by molar-refractivity contribution is -0.159. The Morgan fingerprint density at radius 1 is 1.24 bits per heavy atom. The number of thioether (sulfide) groups is 1. The molecule has 2 amide bonds. The minimum atomic E-state index is -4.83. The number of thiocarbonyl (C=S) groups is 1. The fourth-order valence-corrected chi connectivity index (χ4v) is 5.94. The number of thiophene rings is 1. The third-order valence-corrected chi connectivity index (χ3v) is 7.87. The van der Waals surface area contributed by atoms with Crippen LogP contribution in [0.5, 0.6) is 0 Å². The maximum Gasteiger partial charge on any atom is 0.419 e. The zero-order valence-electron chi connectivity index (χ0n) is 18.8. The van der Waals surface area contributed by atoms with E-state index in [1.54, 1.807) is 17.5 Å². The second-order valence-electron chi connectivity index (χ2n) is 8.05. The van der Waals surface area contributed by atoms with Crippen molar-refractivity contribution in [1.82, 2.24) is 9.80 Å². The van der Waals surface area contributed by atoms with Gasteiger partial charge in [-0.1, -0.05) is 30.0 Å². The number of hydrogen-bond acceptors (Lipinski definition) is 7. The number of hydrogen-bond donors (Lipinski definition) is 1. The van der Waals surface area contributed by atoms with E-state index in [2.05, 4.69) is 0 Å². The number of benzene rings is 1. The van der Waals surface area contributed by atoms with Crippen LogP contribution in [0.25, 0.3) is 17.2 Å². The monoisotopic (exact) mass is 574 g/mol. The molecule has 0 saturated carbocycles. The molecule has 37 heavy (non-hydrogen) atoms. The van der Waals surface area contributed by atoms with E-state index in [9.17, 15) is 31.9 Å². The van der Waals surface area contributed by atoms with E-state index in [-0.39, 0.29) is 48.5 Å². The molecule has 2 aliphatic heterocycles. The molecule has 14 heteroatoms. The normalized spacial score (nSPS) is 19.7. The molecular formula is C23H18F4N2O5S3. The molecule has 2 fully saturated rings. The summed E-state index contributed by atoms with van der Waals surface area (Å²) in [6.07, 6.45) is -4.42. The Labute approximate surface area is 221 Å². The molecule has 0 spiro atoms. The van der Waals surface area contributed by atoms with Crippen LogP contribution in [-0.2, 0) is 25.3 Å². The molecule has 1 N–H and O–H groups in total. The number of amides is 2. The van der Waals surface area contributed by atoms with Crippen LogP contribution in [0.3, 0.4) is 0 Å². The van der Waals surface area contributed by atoms with Gasteiger partial charge in [0.25, 0.3) is 5.91 Å². The molecule has 0 radical (unpaired) electrons. The van der Waals surface area contributed by atoms with Crippen LogP contribution in [0.15, 0.2) is 34.6 Å². The number of morpholine rings is 1. The minimum Gasteiger partial charge on any atom is -0.479 e. The Morgan fingerprint density at radius 2 is 2.00 bits per heavy atom. The maximum atomic E-state index is 13.6. The first-order valence-corrected chi connectivity index (χ1v) is 12.9. The number of carbonyl (C=O) groups is 3. The summed E-state index contributed by atoms with van der Waals surface area (Å²) >= 11 is 7.51. The van der Waals surface area contributed by atoms with Crippen LogP contribution in [0, 0.1) is 5.82 Å². The second kappa shape index (κ2) is 10.9. The van der Waals surface area contributed by atoms with Gasteiger partial charge >= 0.3 is 12.1 Å². The zero-order valence-corrected chi connectivity index (χ0v) is 21.2. The van der Waals surface area contributed by atoms with Crippen molar-refractivity contribution in [3.8, 4) is 11.1 Å². The number of alkyl halides is 3. The standard InChI is InChI=1S/C23H18F4N2O5S3/c24-16-2-1-12(8-15(16)23(25,26)27)13-7-14(36-11-13)9-18-20(31)29(22(35)37-18)4-3-19(30)28-5-6-34-17(10-28)21(32)33/h1-2,7-9,11,17H,3-6,10H2,(H,32,33)/b18-9-. The molecular weight excluding hydrogens is 556 g/mol. The summed E-state index contributed by atoms with van der Waals surface area (Å²) in [6.45, 7) is 0.290. The molecule has 2 aliphatic rings. The number of carboxylic acid groups (broad SMARTS) is 1. The first-order chi connectivity index (χ1) is 17.4. The first kappa shape index (κ1) is 27.2. The highest BCUT2D eigenvalue weighted by molar-refractivity contribution is 8.26. The van der Waals surface area contributed by atoms with Gasteiger partial charge in [0.2, 0.25) is 5.91 Å². The number of carboxylic acids is 1. The Balaban J connectivity index is 1.42. The van der Waals surface area contributed by atoms with Gasteiger partial charge in [-0.15, -0.1) is 11.3 Å². The van der Waals surface area contributed by atoms with E-state index >= 15 is 0 Å². The number of ether oxygens (including phenoxy) is 1. The number of aliphatic carboxylic acids is 1. The first-order valence-electron chi connectivity index (χ1n) is 10.8. The van der Waals surface area contributed by atoms with Crippen molar-refractivity contribution in [3.63, 3.8) is 0 Å². The Kier molecular flexibility index (Phi) is 8.02. The minimum absolute atomic E-state index is 0.0153. The van der Waals surface area contributed by atoms with Crippen molar-refractivity contribution in [1.29, 1.82) is 0 Å². The highest BCUT2D eigenvalue weighted by Gasteiger charge is 2.35. The molecule has 3 heterocycles. The van der Waals surface area contributed by atoms with Crippen molar-refractivity contribution in [3.05, 3.63) is 50.8 Å². The Bertz CT molecular complexity index is 1290. The lowest BCUT2D eigenvalue weighted by atomic mass is 10.0. The lowest BCUT2D eigenvalue weighted by Gasteiger charge is -2.31. The smallest absolute Gasteiger partial charge is 0.419 e. The van der Waals surface area contributed by atoms with Crippen LogP contribution in [-0.4, -0.2) is 69.4 Å². The van der Waals surface area contributed by atoms with E-state index in [4.69, 9.17) is 22.1 Å². The van der Waals surface area contributed by atoms with Crippen LogP contribution in [0.2, 0.25) is 0 Å². The fourth-order valence-electron chi connectivity index (χ4n) is 3.71. The summed E-state index contributed by atoms with van der Waals surface area (Å²) in [5.74, 6) is -3.25. The molecule has 1 unspecified atom stereocenters. The van der Waals surface area contributed by atoms with E-state index in [1.165, 1.54) is 27.2 Å². The van der Waals surface area contributed by atoms with Gasteiger partial charge in [0.15, 0.2) is 6.10 Å². The van der Waals surface area contributed by atoms with Gasteiger partial charge in [-0.25, -0.2) is 9.18 Å². The number of rotatable bonds is 6. The van der Waals surface area contributed by atoms with Gasteiger partial charge in [-0.05, 0) is 40.8 Å². The average Bonchev–Trinajstić information content (AvgIpc) is 3.41. The summed E-state index contributed by atoms with van der Waals surface area (Å²) in [7, 11) is 0. The van der Waals surface area contributed by atoms with Crippen LogP contribution in [0.1, 0.15) is 16.9 Å². The summed E-state index contributed by atoms with van der Waals surface area (Å²) in [5, 5.41) is 10.7. The van der Waals surface area contributed by atoms with Gasteiger partial charge in [-0.2, -0.15) is 13.2 Å². The molecule has 7 nitrogen and oxygen atoms in total. The molecule has 1 aromatic carbocycles. The fraction of sp³-hybridized carbons (Fsp3) is 0.304. The largest absolute Gasteiger partial charge is 0.479 e. The lowest BCUT2D eigenvalue weighted by Crippen LogP contribution is -2.49. The summed E-state index contributed by atoms with van der Waals surface area (Å²) < 4.78 is 58.1. The zero-order chi connectivity index (χ0) is 26.9. The summed E-state index contributed by atoms with van der Waals surface area (Å²) in [5.41, 5.74) is -0.735. The van der Waals surface area contributed by atoms with Crippen molar-refractivity contribution >= 4 is 63.5 Å². The number of carbonyl (C=O) groups excluding carboxylic acids is 2. The molecule has 0 aliphatic carbocycles.